The molecule has 4 rings (SSSR count). The summed E-state index contributed by atoms with van der Waals surface area (Å²) < 4.78 is 1.65. The molecule has 0 saturated carbocycles. The minimum atomic E-state index is -0.368. The Hall–Kier alpha value is -2.86. The number of benzene rings is 2. The van der Waals surface area contributed by atoms with Gasteiger partial charge in [0.2, 0.25) is 0 Å². The van der Waals surface area contributed by atoms with Gasteiger partial charge in [-0.2, -0.15) is 5.10 Å². The molecule has 0 aliphatic carbocycles. The first-order chi connectivity index (χ1) is 14.8. The van der Waals surface area contributed by atoms with Gasteiger partial charge in [0.05, 0.1) is 16.4 Å². The molecule has 0 bridgehead atoms. The number of aromatic nitrogens is 3. The van der Waals surface area contributed by atoms with Crippen LogP contribution in [0.2, 0.25) is 15.1 Å². The van der Waals surface area contributed by atoms with Crippen molar-refractivity contribution in [1.82, 2.24) is 14.8 Å². The molecule has 1 amide bonds. The smallest absolute Gasteiger partial charge is 0.277 e. The molecule has 0 aliphatic heterocycles. The third-order valence-corrected chi connectivity index (χ3v) is 5.54. The van der Waals surface area contributed by atoms with Crippen molar-refractivity contribution >= 4 is 46.5 Å². The molecule has 0 spiro atoms. The highest BCUT2D eigenvalue weighted by atomic mass is 35.5. The molecule has 156 valence electrons. The van der Waals surface area contributed by atoms with E-state index >= 15 is 0 Å². The average molecular weight is 472 g/mol. The number of aryl methyl sites for hydroxylation is 1. The van der Waals surface area contributed by atoms with Crippen LogP contribution < -0.4 is 5.32 Å². The number of nitrogens with one attached hydrogen (secondary N) is 1. The summed E-state index contributed by atoms with van der Waals surface area (Å²) in [7, 11) is 0. The van der Waals surface area contributed by atoms with E-state index < -0.39 is 0 Å². The number of pyridine rings is 1. The number of carbonyl (C=O) groups is 1. The second-order valence-corrected chi connectivity index (χ2v) is 8.29. The van der Waals surface area contributed by atoms with Crippen molar-refractivity contribution in [3.63, 3.8) is 0 Å². The second kappa shape index (κ2) is 8.71. The van der Waals surface area contributed by atoms with Gasteiger partial charge in [0.1, 0.15) is 5.82 Å². The molecule has 2 heterocycles. The Morgan fingerprint density at radius 2 is 1.65 bits per heavy atom. The lowest BCUT2D eigenvalue weighted by Crippen LogP contribution is -2.15. The zero-order chi connectivity index (χ0) is 22.1. The van der Waals surface area contributed by atoms with Gasteiger partial charge in [0.15, 0.2) is 5.69 Å². The van der Waals surface area contributed by atoms with Crippen LogP contribution in [0.5, 0.6) is 0 Å². The van der Waals surface area contributed by atoms with E-state index in [4.69, 9.17) is 34.8 Å². The maximum atomic E-state index is 13.0. The Balaban J connectivity index is 1.84. The van der Waals surface area contributed by atoms with Crippen LogP contribution in [0.3, 0.4) is 0 Å². The van der Waals surface area contributed by atoms with E-state index in [2.05, 4.69) is 15.4 Å². The molecule has 0 aliphatic rings. The van der Waals surface area contributed by atoms with Crippen LogP contribution in [0.1, 0.15) is 21.6 Å². The van der Waals surface area contributed by atoms with Crippen LogP contribution in [-0.4, -0.2) is 20.7 Å². The maximum Gasteiger partial charge on any atom is 0.277 e. The highest BCUT2D eigenvalue weighted by Crippen LogP contribution is 2.33. The molecule has 0 unspecified atom stereocenters. The van der Waals surface area contributed by atoms with E-state index in [1.165, 1.54) is 0 Å². The van der Waals surface area contributed by atoms with Gasteiger partial charge < -0.3 is 5.32 Å². The molecule has 31 heavy (non-hydrogen) atoms. The van der Waals surface area contributed by atoms with Crippen molar-refractivity contribution in [2.45, 2.75) is 13.8 Å². The summed E-state index contributed by atoms with van der Waals surface area (Å²) in [6, 6.07) is 16.1. The zero-order valence-electron chi connectivity index (χ0n) is 16.7. The molecule has 0 fully saturated rings. The summed E-state index contributed by atoms with van der Waals surface area (Å²) in [4.78, 5) is 17.3. The van der Waals surface area contributed by atoms with Crippen LogP contribution in [-0.2, 0) is 0 Å². The van der Waals surface area contributed by atoms with Crippen molar-refractivity contribution in [3.8, 4) is 16.9 Å². The Labute approximate surface area is 194 Å². The summed E-state index contributed by atoms with van der Waals surface area (Å²) in [5.74, 6) is 0.0787. The number of anilines is 1. The third kappa shape index (κ3) is 4.44. The van der Waals surface area contributed by atoms with Crippen LogP contribution >= 0.6 is 34.8 Å². The lowest BCUT2D eigenvalue weighted by Gasteiger charge is -2.11. The number of nitrogens with zero attached hydrogens (tertiary/aromatic N) is 3. The summed E-state index contributed by atoms with van der Waals surface area (Å²) in [5, 5.41) is 8.93. The van der Waals surface area contributed by atoms with Gasteiger partial charge in [0, 0.05) is 27.4 Å². The number of hydrogen-bond donors (Lipinski definition) is 1. The number of rotatable bonds is 4. The molecule has 2 aromatic heterocycles. The first-order valence-corrected chi connectivity index (χ1v) is 10.5. The fourth-order valence-corrected chi connectivity index (χ4v) is 3.82. The zero-order valence-corrected chi connectivity index (χ0v) is 18.9. The van der Waals surface area contributed by atoms with Gasteiger partial charge in [-0.15, -0.1) is 0 Å². The standard InChI is InChI=1S/C23H17Cl3N4O/c1-13-3-10-20(27-12-13)28-23(31)21-14(2)22(15-4-6-16(24)7-5-15)30(29-21)19-9-8-17(25)11-18(19)26/h3-12H,1-2H3,(H,27,28,31). The van der Waals surface area contributed by atoms with Crippen LogP contribution in [0.15, 0.2) is 60.8 Å². The molecule has 2 aromatic carbocycles. The van der Waals surface area contributed by atoms with Crippen molar-refractivity contribution in [2.24, 2.45) is 0 Å². The third-order valence-electron chi connectivity index (χ3n) is 4.75. The SMILES string of the molecule is Cc1ccc(NC(=O)c2nn(-c3ccc(Cl)cc3Cl)c(-c3ccc(Cl)cc3)c2C)nc1. The van der Waals surface area contributed by atoms with Gasteiger partial charge in [-0.05, 0) is 55.8 Å². The molecule has 0 radical (unpaired) electrons. The molecule has 1 N–H and O–H groups in total. The number of halogens is 3. The van der Waals surface area contributed by atoms with Gasteiger partial charge in [-0.1, -0.05) is 53.0 Å². The predicted molar refractivity (Wildman–Crippen MR) is 126 cm³/mol. The summed E-state index contributed by atoms with van der Waals surface area (Å²) in [6.07, 6.45) is 1.69. The lowest BCUT2D eigenvalue weighted by atomic mass is 10.1. The van der Waals surface area contributed by atoms with Crippen molar-refractivity contribution in [2.75, 3.05) is 5.32 Å². The van der Waals surface area contributed by atoms with E-state index in [-0.39, 0.29) is 11.6 Å². The summed E-state index contributed by atoms with van der Waals surface area (Å²) >= 11 is 18.6. The van der Waals surface area contributed by atoms with Gasteiger partial charge in [-0.25, -0.2) is 9.67 Å². The van der Waals surface area contributed by atoms with Gasteiger partial charge >= 0.3 is 0 Å². The number of hydrogen-bond acceptors (Lipinski definition) is 3. The van der Waals surface area contributed by atoms with Crippen molar-refractivity contribution in [1.29, 1.82) is 0 Å². The Kier molecular flexibility index (Phi) is 6.01. The Morgan fingerprint density at radius 3 is 2.29 bits per heavy atom. The molecule has 4 aromatic rings. The molecule has 0 atom stereocenters. The molecule has 5 nitrogen and oxygen atoms in total. The Morgan fingerprint density at radius 1 is 0.935 bits per heavy atom. The van der Waals surface area contributed by atoms with Gasteiger partial charge in [0.25, 0.3) is 5.91 Å². The van der Waals surface area contributed by atoms with E-state index in [0.29, 0.717) is 32.1 Å². The molecule has 8 heteroatoms. The first-order valence-electron chi connectivity index (χ1n) is 9.38. The fourth-order valence-electron chi connectivity index (χ4n) is 3.20. The van der Waals surface area contributed by atoms with Gasteiger partial charge in [-0.3, -0.25) is 4.79 Å². The predicted octanol–water partition coefficient (Wildman–Crippen LogP) is 6.76. The van der Waals surface area contributed by atoms with Crippen LogP contribution in [0.4, 0.5) is 5.82 Å². The fraction of sp³-hybridized carbons (Fsp3) is 0.0870. The minimum absolute atomic E-state index is 0.262. The molecule has 0 saturated heterocycles. The monoisotopic (exact) mass is 470 g/mol. The van der Waals surface area contributed by atoms with E-state index in [1.54, 1.807) is 47.3 Å². The van der Waals surface area contributed by atoms with Crippen LogP contribution in [0, 0.1) is 13.8 Å². The van der Waals surface area contributed by atoms with E-state index in [1.807, 2.05) is 32.0 Å². The first kappa shape index (κ1) is 21.4. The maximum absolute atomic E-state index is 13.0. The summed E-state index contributed by atoms with van der Waals surface area (Å²) in [5.41, 5.74) is 4.12. The second-order valence-electron chi connectivity index (χ2n) is 7.01. The Bertz CT molecular complexity index is 1270. The molecular formula is C23H17Cl3N4O. The highest BCUT2D eigenvalue weighted by molar-refractivity contribution is 6.35. The highest BCUT2D eigenvalue weighted by Gasteiger charge is 2.23. The number of carbonyl (C=O) groups excluding carboxylic acids is 1. The largest absolute Gasteiger partial charge is 0.305 e. The lowest BCUT2D eigenvalue weighted by molar-refractivity contribution is 0.102. The number of amides is 1. The average Bonchev–Trinajstić information content (AvgIpc) is 3.07. The normalized spacial score (nSPS) is 10.9. The molecular weight excluding hydrogens is 455 g/mol. The quantitative estimate of drug-likeness (QED) is 0.357. The minimum Gasteiger partial charge on any atom is -0.305 e. The summed E-state index contributed by atoms with van der Waals surface area (Å²) in [6.45, 7) is 3.77. The topological polar surface area (TPSA) is 59.8 Å². The van der Waals surface area contributed by atoms with E-state index in [9.17, 15) is 4.79 Å². The van der Waals surface area contributed by atoms with E-state index in [0.717, 1.165) is 16.8 Å². The van der Waals surface area contributed by atoms with Crippen molar-refractivity contribution < 1.29 is 4.79 Å². The van der Waals surface area contributed by atoms with Crippen LogP contribution in [0.25, 0.3) is 16.9 Å². The van der Waals surface area contributed by atoms with Crippen molar-refractivity contribution in [3.05, 3.63) is 92.7 Å².